The van der Waals surface area contributed by atoms with Crippen LogP contribution in [0.3, 0.4) is 0 Å². The van der Waals surface area contributed by atoms with Crippen LogP contribution in [0.1, 0.15) is 17.3 Å². The number of hydrogen-bond acceptors (Lipinski definition) is 4. The summed E-state index contributed by atoms with van der Waals surface area (Å²) in [5.74, 6) is -3.08. The SMILES string of the molecule is C[C@@H](OC(=O)CNC(=O)c1ccccc1F)C(N)=O. The molecule has 0 radical (unpaired) electrons. The molecule has 1 aromatic carbocycles. The van der Waals surface area contributed by atoms with Crippen molar-refractivity contribution in [3.05, 3.63) is 35.6 Å². The van der Waals surface area contributed by atoms with Crippen LogP contribution in [-0.2, 0) is 14.3 Å². The second-order valence-corrected chi connectivity index (χ2v) is 3.70. The summed E-state index contributed by atoms with van der Waals surface area (Å²) in [6.45, 7) is 0.823. The molecular weight excluding hydrogens is 255 g/mol. The molecule has 1 rings (SSSR count). The molecule has 7 heteroatoms. The first kappa shape index (κ1) is 14.6. The smallest absolute Gasteiger partial charge is 0.326 e. The minimum atomic E-state index is -1.09. The summed E-state index contributed by atoms with van der Waals surface area (Å²) >= 11 is 0. The van der Waals surface area contributed by atoms with Crippen molar-refractivity contribution in [2.45, 2.75) is 13.0 Å². The first-order valence-electron chi connectivity index (χ1n) is 5.43. The Hall–Kier alpha value is -2.44. The summed E-state index contributed by atoms with van der Waals surface area (Å²) in [5.41, 5.74) is 4.72. The van der Waals surface area contributed by atoms with Crippen molar-refractivity contribution in [3.8, 4) is 0 Å². The maximum Gasteiger partial charge on any atom is 0.326 e. The topological polar surface area (TPSA) is 98.5 Å². The third-order valence-electron chi connectivity index (χ3n) is 2.22. The second-order valence-electron chi connectivity index (χ2n) is 3.70. The van der Waals surface area contributed by atoms with Crippen LogP contribution in [0.25, 0.3) is 0 Å². The Balaban J connectivity index is 2.49. The van der Waals surface area contributed by atoms with E-state index in [-0.39, 0.29) is 5.56 Å². The lowest BCUT2D eigenvalue weighted by Crippen LogP contribution is -2.36. The number of esters is 1. The van der Waals surface area contributed by atoms with Gasteiger partial charge in [-0.3, -0.25) is 14.4 Å². The highest BCUT2D eigenvalue weighted by Crippen LogP contribution is 2.05. The molecule has 1 atom stereocenters. The Morgan fingerprint density at radius 1 is 1.37 bits per heavy atom. The number of ether oxygens (including phenoxy) is 1. The van der Waals surface area contributed by atoms with Crippen LogP contribution in [0.4, 0.5) is 4.39 Å². The number of amides is 2. The highest BCUT2D eigenvalue weighted by Gasteiger charge is 2.16. The van der Waals surface area contributed by atoms with E-state index in [1.807, 2.05) is 0 Å². The third-order valence-corrected chi connectivity index (χ3v) is 2.22. The van der Waals surface area contributed by atoms with E-state index in [1.54, 1.807) is 0 Å². The van der Waals surface area contributed by atoms with Crippen molar-refractivity contribution >= 4 is 17.8 Å². The standard InChI is InChI=1S/C12H13FN2O4/c1-7(11(14)17)19-10(16)6-15-12(18)8-4-2-3-5-9(8)13/h2-5,7H,6H2,1H3,(H2,14,17)(H,15,18)/t7-/m1/s1. The highest BCUT2D eigenvalue weighted by molar-refractivity contribution is 5.96. The molecule has 102 valence electrons. The Morgan fingerprint density at radius 3 is 2.58 bits per heavy atom. The molecule has 3 N–H and O–H groups in total. The molecule has 0 bridgehead atoms. The van der Waals surface area contributed by atoms with Gasteiger partial charge in [0, 0.05) is 0 Å². The summed E-state index contributed by atoms with van der Waals surface area (Å²) in [4.78, 5) is 33.4. The monoisotopic (exact) mass is 268 g/mol. The van der Waals surface area contributed by atoms with Gasteiger partial charge in [0.1, 0.15) is 12.4 Å². The Kier molecular flexibility index (Phi) is 4.99. The molecule has 0 spiro atoms. The summed E-state index contributed by atoms with van der Waals surface area (Å²) in [6.07, 6.45) is -1.09. The Bertz CT molecular complexity index is 504. The predicted molar refractivity (Wildman–Crippen MR) is 63.5 cm³/mol. The highest BCUT2D eigenvalue weighted by atomic mass is 19.1. The van der Waals surface area contributed by atoms with Gasteiger partial charge in [0.25, 0.3) is 11.8 Å². The van der Waals surface area contributed by atoms with Crippen molar-refractivity contribution in [3.63, 3.8) is 0 Å². The first-order valence-corrected chi connectivity index (χ1v) is 5.43. The number of carbonyl (C=O) groups is 3. The maximum absolute atomic E-state index is 13.2. The summed E-state index contributed by atoms with van der Waals surface area (Å²) in [5, 5.41) is 2.18. The van der Waals surface area contributed by atoms with E-state index >= 15 is 0 Å². The fourth-order valence-corrected chi connectivity index (χ4v) is 1.19. The molecule has 0 aliphatic carbocycles. The van der Waals surface area contributed by atoms with Gasteiger partial charge in [-0.05, 0) is 19.1 Å². The second kappa shape index (κ2) is 6.48. The van der Waals surface area contributed by atoms with E-state index < -0.39 is 36.2 Å². The molecular formula is C12H13FN2O4. The number of primary amides is 1. The Morgan fingerprint density at radius 2 is 2.00 bits per heavy atom. The van der Waals surface area contributed by atoms with Gasteiger partial charge in [0.2, 0.25) is 0 Å². The number of nitrogens with two attached hydrogens (primary N) is 1. The molecule has 0 heterocycles. The van der Waals surface area contributed by atoms with Gasteiger partial charge in [-0.15, -0.1) is 0 Å². The zero-order valence-corrected chi connectivity index (χ0v) is 10.2. The molecule has 1 aromatic rings. The van der Waals surface area contributed by atoms with Crippen LogP contribution in [0.2, 0.25) is 0 Å². The fourth-order valence-electron chi connectivity index (χ4n) is 1.19. The van der Waals surface area contributed by atoms with Crippen molar-refractivity contribution in [1.82, 2.24) is 5.32 Å². The normalized spacial score (nSPS) is 11.5. The molecule has 2 amide bonds. The number of rotatable bonds is 5. The van der Waals surface area contributed by atoms with E-state index in [1.165, 1.54) is 25.1 Å². The first-order chi connectivity index (χ1) is 8.91. The molecule has 0 aromatic heterocycles. The zero-order valence-electron chi connectivity index (χ0n) is 10.2. The van der Waals surface area contributed by atoms with Crippen LogP contribution in [0.5, 0.6) is 0 Å². The van der Waals surface area contributed by atoms with Crippen LogP contribution in [0, 0.1) is 5.82 Å². The van der Waals surface area contributed by atoms with Gasteiger partial charge in [0.15, 0.2) is 6.10 Å². The van der Waals surface area contributed by atoms with Gasteiger partial charge in [-0.25, -0.2) is 4.39 Å². The van der Waals surface area contributed by atoms with Gasteiger partial charge >= 0.3 is 5.97 Å². The van der Waals surface area contributed by atoms with Crippen molar-refractivity contribution in [1.29, 1.82) is 0 Å². The van der Waals surface area contributed by atoms with E-state index in [0.717, 1.165) is 6.07 Å². The van der Waals surface area contributed by atoms with Crippen molar-refractivity contribution in [2.75, 3.05) is 6.54 Å². The van der Waals surface area contributed by atoms with Gasteiger partial charge in [-0.1, -0.05) is 12.1 Å². The molecule has 0 aliphatic heterocycles. The number of hydrogen-bond donors (Lipinski definition) is 2. The molecule has 6 nitrogen and oxygen atoms in total. The average Bonchev–Trinajstić information content (AvgIpc) is 2.36. The quantitative estimate of drug-likeness (QED) is 0.733. The molecule has 0 unspecified atom stereocenters. The number of nitrogens with one attached hydrogen (secondary N) is 1. The number of halogens is 1. The van der Waals surface area contributed by atoms with Crippen LogP contribution >= 0.6 is 0 Å². The molecule has 0 saturated carbocycles. The largest absolute Gasteiger partial charge is 0.451 e. The molecule has 0 fully saturated rings. The van der Waals surface area contributed by atoms with Gasteiger partial charge in [0.05, 0.1) is 5.56 Å². The Labute approximate surface area is 108 Å². The van der Waals surface area contributed by atoms with Crippen molar-refractivity contribution < 1.29 is 23.5 Å². The lowest BCUT2D eigenvalue weighted by atomic mass is 10.2. The summed E-state index contributed by atoms with van der Waals surface area (Å²) < 4.78 is 17.8. The minimum absolute atomic E-state index is 0.182. The molecule has 0 saturated heterocycles. The van der Waals surface area contributed by atoms with E-state index in [4.69, 9.17) is 5.73 Å². The van der Waals surface area contributed by atoms with Gasteiger partial charge in [-0.2, -0.15) is 0 Å². The predicted octanol–water partition coefficient (Wildman–Crippen LogP) is -0.0275. The fraction of sp³-hybridized carbons (Fsp3) is 0.250. The van der Waals surface area contributed by atoms with Crippen LogP contribution in [-0.4, -0.2) is 30.4 Å². The third kappa shape index (κ3) is 4.38. The van der Waals surface area contributed by atoms with Crippen LogP contribution < -0.4 is 11.1 Å². The minimum Gasteiger partial charge on any atom is -0.451 e. The zero-order chi connectivity index (χ0) is 14.4. The average molecular weight is 268 g/mol. The number of carbonyl (C=O) groups excluding carboxylic acids is 3. The lowest BCUT2D eigenvalue weighted by Gasteiger charge is -2.10. The van der Waals surface area contributed by atoms with E-state index in [2.05, 4.69) is 10.1 Å². The maximum atomic E-state index is 13.2. The van der Waals surface area contributed by atoms with Gasteiger partial charge < -0.3 is 15.8 Å². The molecule has 0 aliphatic rings. The van der Waals surface area contributed by atoms with Crippen molar-refractivity contribution in [2.24, 2.45) is 5.73 Å². The van der Waals surface area contributed by atoms with E-state index in [9.17, 15) is 18.8 Å². The van der Waals surface area contributed by atoms with Crippen LogP contribution in [0.15, 0.2) is 24.3 Å². The van der Waals surface area contributed by atoms with E-state index in [0.29, 0.717) is 0 Å². The lowest BCUT2D eigenvalue weighted by molar-refractivity contribution is -0.152. The summed E-state index contributed by atoms with van der Waals surface area (Å²) in [7, 11) is 0. The number of benzene rings is 1. The molecule has 19 heavy (non-hydrogen) atoms. The summed E-state index contributed by atoms with van der Waals surface area (Å²) in [6, 6.07) is 5.34.